The standard InChI is InChI=1S/C27H18F4N6O3/c28-16-10-17(29)23(31)13(22(16)30)3-6-33-18-4-7-34-25(38)21(18)24-35-19-8-14-15(9-20(19)36-24)27(40)37(26(14)39)12-2-1-5-32-11-12/h1-2,4-5,7-11,26,39H,3,6H2,(H,35,36)(H2,33,34,38). The molecule has 1 aliphatic heterocycles. The molecule has 0 bridgehead atoms. The van der Waals surface area contributed by atoms with Gasteiger partial charge in [-0.2, -0.15) is 0 Å². The van der Waals surface area contributed by atoms with Crippen molar-refractivity contribution in [1.29, 1.82) is 0 Å². The third kappa shape index (κ3) is 4.07. The van der Waals surface area contributed by atoms with Gasteiger partial charge in [-0.15, -0.1) is 0 Å². The first-order chi connectivity index (χ1) is 19.2. The Morgan fingerprint density at radius 3 is 2.55 bits per heavy atom. The fraction of sp³-hybridized carbons (Fsp3) is 0.111. The van der Waals surface area contributed by atoms with Crippen molar-refractivity contribution in [1.82, 2.24) is 19.9 Å². The maximum atomic E-state index is 14.0. The summed E-state index contributed by atoms with van der Waals surface area (Å²) in [5, 5.41) is 13.7. The predicted molar refractivity (Wildman–Crippen MR) is 137 cm³/mol. The molecule has 0 saturated heterocycles. The Labute approximate surface area is 222 Å². The summed E-state index contributed by atoms with van der Waals surface area (Å²) in [4.78, 5) is 41.1. The lowest BCUT2D eigenvalue weighted by atomic mass is 10.1. The maximum absolute atomic E-state index is 14.0. The van der Waals surface area contributed by atoms with Gasteiger partial charge in [-0.3, -0.25) is 19.5 Å². The number of imidazole rings is 1. The fourth-order valence-corrected chi connectivity index (χ4v) is 4.75. The smallest absolute Gasteiger partial charge is 0.261 e. The van der Waals surface area contributed by atoms with Crippen LogP contribution in [0.3, 0.4) is 0 Å². The van der Waals surface area contributed by atoms with Crippen LogP contribution < -0.4 is 15.8 Å². The summed E-state index contributed by atoms with van der Waals surface area (Å²) in [6.45, 7) is -0.174. The van der Waals surface area contributed by atoms with Gasteiger partial charge in [0.2, 0.25) is 0 Å². The van der Waals surface area contributed by atoms with Crippen LogP contribution in [-0.4, -0.2) is 37.5 Å². The fourth-order valence-electron chi connectivity index (χ4n) is 4.75. The number of H-pyrrole nitrogens is 2. The van der Waals surface area contributed by atoms with E-state index in [2.05, 4.69) is 25.3 Å². The van der Waals surface area contributed by atoms with Crippen LogP contribution in [0.25, 0.3) is 22.4 Å². The van der Waals surface area contributed by atoms with Crippen molar-refractivity contribution in [3.63, 3.8) is 0 Å². The first kappa shape index (κ1) is 25.2. The molecule has 5 aromatic rings. The van der Waals surface area contributed by atoms with E-state index in [4.69, 9.17) is 0 Å². The van der Waals surface area contributed by atoms with Gasteiger partial charge in [0.1, 0.15) is 11.4 Å². The Bertz CT molecular complexity index is 1830. The molecule has 1 unspecified atom stereocenters. The Kier molecular flexibility index (Phi) is 6.07. The second-order valence-electron chi connectivity index (χ2n) is 9.02. The molecule has 0 radical (unpaired) electrons. The molecule has 1 atom stereocenters. The molecule has 9 nitrogen and oxygen atoms in total. The van der Waals surface area contributed by atoms with E-state index in [1.807, 2.05) is 0 Å². The number of fused-ring (bicyclic) bond motifs is 2. The van der Waals surface area contributed by atoms with Gasteiger partial charge in [-0.05, 0) is 36.8 Å². The highest BCUT2D eigenvalue weighted by Crippen LogP contribution is 2.38. The van der Waals surface area contributed by atoms with Crippen LogP contribution in [0.4, 0.5) is 28.9 Å². The monoisotopic (exact) mass is 550 g/mol. The number of hydrogen-bond acceptors (Lipinski definition) is 6. The van der Waals surface area contributed by atoms with Gasteiger partial charge in [0.15, 0.2) is 29.5 Å². The lowest BCUT2D eigenvalue weighted by Crippen LogP contribution is -2.27. The SMILES string of the molecule is O=C1c2cc3nc(-c4c(NCCc5c(F)c(F)cc(F)c5F)cc[nH]c4=O)[nH]c3cc2C(O)N1c1cccnc1. The first-order valence-corrected chi connectivity index (χ1v) is 12.0. The minimum atomic E-state index is -1.51. The summed E-state index contributed by atoms with van der Waals surface area (Å²) in [7, 11) is 0. The summed E-state index contributed by atoms with van der Waals surface area (Å²) in [5.74, 6) is -6.33. The second kappa shape index (κ2) is 9.61. The largest absolute Gasteiger partial charge is 0.384 e. The number of aromatic amines is 2. The average molecular weight is 550 g/mol. The summed E-state index contributed by atoms with van der Waals surface area (Å²) >= 11 is 0. The number of aliphatic hydroxyl groups excluding tert-OH is 1. The number of benzene rings is 2. The number of carbonyl (C=O) groups is 1. The van der Waals surface area contributed by atoms with Crippen LogP contribution in [-0.2, 0) is 6.42 Å². The Morgan fingerprint density at radius 2 is 1.82 bits per heavy atom. The zero-order valence-electron chi connectivity index (χ0n) is 20.3. The second-order valence-corrected chi connectivity index (χ2v) is 9.02. The van der Waals surface area contributed by atoms with E-state index in [9.17, 15) is 32.3 Å². The van der Waals surface area contributed by atoms with E-state index < -0.39 is 52.9 Å². The molecule has 40 heavy (non-hydrogen) atoms. The van der Waals surface area contributed by atoms with Crippen molar-refractivity contribution >= 4 is 28.3 Å². The molecule has 13 heteroatoms. The van der Waals surface area contributed by atoms with E-state index in [1.54, 1.807) is 24.4 Å². The van der Waals surface area contributed by atoms with Crippen molar-refractivity contribution in [2.75, 3.05) is 16.8 Å². The number of rotatable bonds is 6. The molecule has 4 heterocycles. The summed E-state index contributed by atoms with van der Waals surface area (Å²) in [5.41, 5.74) is 0.722. The molecule has 0 aliphatic carbocycles. The number of nitrogens with one attached hydrogen (secondary N) is 3. The van der Waals surface area contributed by atoms with Gasteiger partial charge in [0.05, 0.1) is 34.2 Å². The first-order valence-electron chi connectivity index (χ1n) is 12.0. The summed E-state index contributed by atoms with van der Waals surface area (Å²) in [6, 6.07) is 7.97. The molecule has 0 spiro atoms. The van der Waals surface area contributed by atoms with Crippen LogP contribution in [0.2, 0.25) is 0 Å². The van der Waals surface area contributed by atoms with Crippen LogP contribution in [0, 0.1) is 23.3 Å². The summed E-state index contributed by atoms with van der Waals surface area (Å²) in [6.07, 6.45) is 2.66. The number of anilines is 2. The molecule has 0 saturated carbocycles. The molecule has 6 rings (SSSR count). The number of aliphatic hydroxyl groups is 1. The molecular weight excluding hydrogens is 532 g/mol. The molecule has 3 aromatic heterocycles. The van der Waals surface area contributed by atoms with Crippen LogP contribution in [0.15, 0.2) is 59.8 Å². The van der Waals surface area contributed by atoms with Gasteiger partial charge in [0.25, 0.3) is 11.5 Å². The van der Waals surface area contributed by atoms with E-state index in [0.29, 0.717) is 22.3 Å². The number of hydrogen-bond donors (Lipinski definition) is 4. The maximum Gasteiger partial charge on any atom is 0.261 e. The lowest BCUT2D eigenvalue weighted by Gasteiger charge is -2.20. The van der Waals surface area contributed by atoms with Crippen molar-refractivity contribution in [2.45, 2.75) is 12.6 Å². The zero-order valence-corrected chi connectivity index (χ0v) is 20.3. The third-order valence-electron chi connectivity index (χ3n) is 6.64. The van der Waals surface area contributed by atoms with Crippen molar-refractivity contribution in [3.8, 4) is 11.4 Å². The van der Waals surface area contributed by atoms with E-state index in [0.717, 1.165) is 0 Å². The van der Waals surface area contributed by atoms with Gasteiger partial charge in [-0.25, -0.2) is 22.5 Å². The minimum absolute atomic E-state index is 0.0501. The topological polar surface area (TPSA) is 127 Å². The molecule has 0 fully saturated rings. The predicted octanol–water partition coefficient (Wildman–Crippen LogP) is 4.18. The number of halogens is 4. The average Bonchev–Trinajstić information content (AvgIpc) is 3.46. The molecule has 1 amide bonds. The van der Waals surface area contributed by atoms with Crippen molar-refractivity contribution < 1.29 is 27.5 Å². The zero-order chi connectivity index (χ0) is 28.1. The van der Waals surface area contributed by atoms with Crippen LogP contribution >= 0.6 is 0 Å². The quantitative estimate of drug-likeness (QED) is 0.186. The van der Waals surface area contributed by atoms with Crippen molar-refractivity contribution in [3.05, 3.63) is 105 Å². The number of aromatic nitrogens is 4. The molecule has 1 aliphatic rings. The van der Waals surface area contributed by atoms with Gasteiger partial charge in [0, 0.05) is 36.1 Å². The van der Waals surface area contributed by atoms with Gasteiger partial charge < -0.3 is 20.4 Å². The molecular formula is C27H18F4N6O3. The number of carbonyl (C=O) groups excluding carboxylic acids is 1. The number of pyridine rings is 2. The van der Waals surface area contributed by atoms with Crippen LogP contribution in [0.1, 0.15) is 27.7 Å². The van der Waals surface area contributed by atoms with E-state index in [-0.39, 0.29) is 35.2 Å². The molecule has 2 aromatic carbocycles. The highest BCUT2D eigenvalue weighted by atomic mass is 19.2. The Balaban J connectivity index is 1.31. The highest BCUT2D eigenvalue weighted by molar-refractivity contribution is 6.12. The minimum Gasteiger partial charge on any atom is -0.384 e. The molecule has 202 valence electrons. The Morgan fingerprint density at radius 1 is 1.05 bits per heavy atom. The van der Waals surface area contributed by atoms with Crippen LogP contribution in [0.5, 0.6) is 0 Å². The summed E-state index contributed by atoms with van der Waals surface area (Å²) < 4.78 is 55.2. The van der Waals surface area contributed by atoms with Crippen molar-refractivity contribution in [2.24, 2.45) is 0 Å². The lowest BCUT2D eigenvalue weighted by molar-refractivity contribution is 0.0935. The van der Waals surface area contributed by atoms with Gasteiger partial charge in [-0.1, -0.05) is 0 Å². The third-order valence-corrected chi connectivity index (χ3v) is 6.64. The van der Waals surface area contributed by atoms with E-state index in [1.165, 1.54) is 29.4 Å². The number of nitrogens with zero attached hydrogens (tertiary/aromatic N) is 3. The number of amides is 1. The Hall–Kier alpha value is -5.04. The molecule has 4 N–H and O–H groups in total. The van der Waals surface area contributed by atoms with E-state index >= 15 is 0 Å². The normalized spacial score (nSPS) is 14.7. The van der Waals surface area contributed by atoms with Gasteiger partial charge >= 0.3 is 0 Å². The highest BCUT2D eigenvalue weighted by Gasteiger charge is 2.37.